The number of hydrogen-bond donors (Lipinski definition) is 1. The smallest absolute Gasteiger partial charge is 0.213 e. The maximum atomic E-state index is 11.6. The van der Waals surface area contributed by atoms with Gasteiger partial charge in [0, 0.05) is 17.7 Å². The van der Waals surface area contributed by atoms with Gasteiger partial charge in [-0.25, -0.2) is 21.6 Å². The van der Waals surface area contributed by atoms with E-state index in [4.69, 9.17) is 11.6 Å². The van der Waals surface area contributed by atoms with Crippen LogP contribution in [0.5, 0.6) is 0 Å². The summed E-state index contributed by atoms with van der Waals surface area (Å²) in [7, 11) is -6.89. The van der Waals surface area contributed by atoms with Crippen molar-refractivity contribution in [3.8, 4) is 0 Å². The van der Waals surface area contributed by atoms with Crippen LogP contribution in [0.4, 0.5) is 0 Å². The Hall–Kier alpha value is 0.150. The SMILES string of the molecule is CCC(C)(CCl)NS(=O)(=O)CCS(C)(=O)=O. The third-order valence-electron chi connectivity index (χ3n) is 2.20. The molecule has 5 nitrogen and oxygen atoms in total. The van der Waals surface area contributed by atoms with Crippen LogP contribution < -0.4 is 4.72 Å². The van der Waals surface area contributed by atoms with Gasteiger partial charge in [0.2, 0.25) is 10.0 Å². The molecular weight excluding hydrogens is 274 g/mol. The molecular formula is C8H18ClNO4S2. The van der Waals surface area contributed by atoms with E-state index in [1.54, 1.807) is 6.92 Å². The number of sulfonamides is 1. The molecule has 0 bridgehead atoms. The van der Waals surface area contributed by atoms with Gasteiger partial charge < -0.3 is 0 Å². The highest BCUT2D eigenvalue weighted by atomic mass is 35.5. The lowest BCUT2D eigenvalue weighted by Gasteiger charge is -2.26. The Morgan fingerprint density at radius 1 is 1.19 bits per heavy atom. The largest absolute Gasteiger partial charge is 0.229 e. The Kier molecular flexibility index (Phi) is 5.71. The molecule has 0 aromatic rings. The van der Waals surface area contributed by atoms with Gasteiger partial charge in [-0.1, -0.05) is 6.92 Å². The minimum atomic E-state index is -3.61. The van der Waals surface area contributed by atoms with Crippen molar-refractivity contribution in [3.63, 3.8) is 0 Å². The van der Waals surface area contributed by atoms with Gasteiger partial charge in [0.15, 0.2) is 0 Å². The van der Waals surface area contributed by atoms with Gasteiger partial charge >= 0.3 is 0 Å². The molecule has 1 atom stereocenters. The Balaban J connectivity index is 4.59. The van der Waals surface area contributed by atoms with E-state index in [0.29, 0.717) is 6.42 Å². The molecule has 0 saturated heterocycles. The maximum Gasteiger partial charge on any atom is 0.213 e. The summed E-state index contributed by atoms with van der Waals surface area (Å²) in [6.45, 7) is 3.49. The number of halogens is 1. The van der Waals surface area contributed by atoms with E-state index in [1.807, 2.05) is 6.92 Å². The molecule has 16 heavy (non-hydrogen) atoms. The molecule has 0 aromatic heterocycles. The third-order valence-corrected chi connectivity index (χ3v) is 5.54. The average Bonchev–Trinajstić information content (AvgIpc) is 2.13. The quantitative estimate of drug-likeness (QED) is 0.687. The highest BCUT2D eigenvalue weighted by Crippen LogP contribution is 2.12. The maximum absolute atomic E-state index is 11.6. The van der Waals surface area contributed by atoms with Crippen LogP contribution in [0, 0.1) is 0 Å². The van der Waals surface area contributed by atoms with Gasteiger partial charge in [-0.05, 0) is 13.3 Å². The van der Waals surface area contributed by atoms with Gasteiger partial charge in [-0.3, -0.25) is 0 Å². The molecule has 0 radical (unpaired) electrons. The summed E-state index contributed by atoms with van der Waals surface area (Å²) < 4.78 is 47.3. The third kappa shape index (κ3) is 6.67. The van der Waals surface area contributed by atoms with E-state index < -0.39 is 31.2 Å². The molecule has 0 rings (SSSR count). The molecule has 8 heteroatoms. The first kappa shape index (κ1) is 16.1. The second-order valence-electron chi connectivity index (χ2n) is 4.10. The molecule has 0 aliphatic rings. The van der Waals surface area contributed by atoms with E-state index >= 15 is 0 Å². The molecule has 0 amide bonds. The zero-order valence-electron chi connectivity index (χ0n) is 9.66. The monoisotopic (exact) mass is 291 g/mol. The molecule has 0 spiro atoms. The molecule has 98 valence electrons. The molecule has 1 unspecified atom stereocenters. The molecule has 0 aliphatic heterocycles. The zero-order valence-corrected chi connectivity index (χ0v) is 12.0. The summed E-state index contributed by atoms with van der Waals surface area (Å²) in [5.74, 6) is -0.676. The number of hydrogen-bond acceptors (Lipinski definition) is 4. The second kappa shape index (κ2) is 5.66. The molecule has 1 N–H and O–H groups in total. The van der Waals surface area contributed by atoms with E-state index in [-0.39, 0.29) is 11.6 Å². The Morgan fingerprint density at radius 2 is 1.69 bits per heavy atom. The van der Waals surface area contributed by atoms with Crippen LogP contribution in [0.25, 0.3) is 0 Å². The minimum absolute atomic E-state index is 0.140. The van der Waals surface area contributed by atoms with Gasteiger partial charge in [0.1, 0.15) is 9.84 Å². The lowest BCUT2D eigenvalue weighted by molar-refractivity contribution is 0.445. The first-order valence-electron chi connectivity index (χ1n) is 4.79. The van der Waals surface area contributed by atoms with Crippen LogP contribution in [-0.2, 0) is 19.9 Å². The fourth-order valence-corrected chi connectivity index (χ4v) is 4.37. The normalized spacial score (nSPS) is 17.0. The van der Waals surface area contributed by atoms with E-state index in [2.05, 4.69) is 4.72 Å². The van der Waals surface area contributed by atoms with Crippen molar-refractivity contribution >= 4 is 31.5 Å². The van der Waals surface area contributed by atoms with E-state index in [0.717, 1.165) is 6.26 Å². The average molecular weight is 292 g/mol. The van der Waals surface area contributed by atoms with Crippen molar-refractivity contribution in [3.05, 3.63) is 0 Å². The fraction of sp³-hybridized carbons (Fsp3) is 1.00. The van der Waals surface area contributed by atoms with Gasteiger partial charge in [-0.2, -0.15) is 0 Å². The van der Waals surface area contributed by atoms with E-state index in [9.17, 15) is 16.8 Å². The highest BCUT2D eigenvalue weighted by molar-refractivity contribution is 7.93. The van der Waals surface area contributed by atoms with Crippen LogP contribution in [0.3, 0.4) is 0 Å². The molecule has 0 saturated carbocycles. The number of rotatable bonds is 7. The fourth-order valence-electron chi connectivity index (χ4n) is 0.881. The first-order valence-corrected chi connectivity index (χ1v) is 9.04. The number of alkyl halides is 1. The topological polar surface area (TPSA) is 80.3 Å². The second-order valence-corrected chi connectivity index (χ2v) is 8.47. The van der Waals surface area contributed by atoms with Crippen molar-refractivity contribution in [2.24, 2.45) is 0 Å². The van der Waals surface area contributed by atoms with Gasteiger partial charge in [-0.15, -0.1) is 11.6 Å². The van der Waals surface area contributed by atoms with Crippen LogP contribution in [0.15, 0.2) is 0 Å². The minimum Gasteiger partial charge on any atom is -0.229 e. The summed E-state index contributed by atoms with van der Waals surface area (Å²) in [5, 5.41) is 0. The van der Waals surface area contributed by atoms with Crippen LogP contribution in [0.1, 0.15) is 20.3 Å². The number of sulfone groups is 1. The van der Waals surface area contributed by atoms with Crippen molar-refractivity contribution in [1.82, 2.24) is 4.72 Å². The molecule has 0 aromatic carbocycles. The summed E-state index contributed by atoms with van der Waals surface area (Å²) in [6.07, 6.45) is 1.54. The summed E-state index contributed by atoms with van der Waals surface area (Å²) in [4.78, 5) is 0. The van der Waals surface area contributed by atoms with Crippen LogP contribution in [0.2, 0.25) is 0 Å². The zero-order chi connectivity index (χ0) is 13.0. The van der Waals surface area contributed by atoms with Gasteiger partial charge in [0.05, 0.1) is 11.5 Å². The van der Waals surface area contributed by atoms with E-state index in [1.165, 1.54) is 0 Å². The molecule has 0 fully saturated rings. The Bertz CT molecular complexity index is 411. The summed E-state index contributed by atoms with van der Waals surface area (Å²) >= 11 is 5.66. The summed E-state index contributed by atoms with van der Waals surface area (Å²) in [6, 6.07) is 0. The molecule has 0 heterocycles. The van der Waals surface area contributed by atoms with Crippen molar-refractivity contribution in [1.29, 1.82) is 0 Å². The van der Waals surface area contributed by atoms with Crippen molar-refractivity contribution < 1.29 is 16.8 Å². The highest BCUT2D eigenvalue weighted by Gasteiger charge is 2.27. The summed E-state index contributed by atoms with van der Waals surface area (Å²) in [5.41, 5.74) is -0.724. The first-order chi connectivity index (χ1) is 7.04. The molecule has 0 aliphatic carbocycles. The Morgan fingerprint density at radius 3 is 2.00 bits per heavy atom. The van der Waals surface area contributed by atoms with Gasteiger partial charge in [0.25, 0.3) is 0 Å². The van der Waals surface area contributed by atoms with Crippen molar-refractivity contribution in [2.75, 3.05) is 23.6 Å². The Labute approximate surface area is 103 Å². The standard InChI is InChI=1S/C8H18ClNO4S2/c1-4-8(2,7-9)10-16(13,14)6-5-15(3,11)12/h10H,4-7H2,1-3H3. The number of nitrogens with one attached hydrogen (secondary N) is 1. The van der Waals surface area contributed by atoms with Crippen LogP contribution in [-0.4, -0.2) is 46.0 Å². The lowest BCUT2D eigenvalue weighted by Crippen LogP contribution is -2.48. The van der Waals surface area contributed by atoms with Crippen molar-refractivity contribution in [2.45, 2.75) is 25.8 Å². The lowest BCUT2D eigenvalue weighted by atomic mass is 10.0. The predicted octanol–water partition coefficient (Wildman–Crippen LogP) is 0.358. The predicted molar refractivity (Wildman–Crippen MR) is 66.0 cm³/mol. The van der Waals surface area contributed by atoms with Crippen LogP contribution >= 0.6 is 11.6 Å².